The van der Waals surface area contributed by atoms with Gasteiger partial charge < -0.3 is 10.2 Å². The summed E-state index contributed by atoms with van der Waals surface area (Å²) in [6.45, 7) is 6.03. The maximum absolute atomic E-state index is 12.9. The van der Waals surface area contributed by atoms with Crippen molar-refractivity contribution in [2.75, 3.05) is 0 Å². The molecule has 2 unspecified atom stereocenters. The summed E-state index contributed by atoms with van der Waals surface area (Å²) >= 11 is 4.05. The Morgan fingerprint density at radius 1 is 1.23 bits per heavy atom. The van der Waals surface area contributed by atoms with E-state index in [4.69, 9.17) is 0 Å². The second kappa shape index (κ2) is 5.48. The lowest BCUT2D eigenvalue weighted by Gasteiger charge is -2.57. The smallest absolute Gasteiger partial charge is 0.218 e. The number of hydrogen-bond acceptors (Lipinski definition) is 4. The summed E-state index contributed by atoms with van der Waals surface area (Å²) in [4.78, 5) is 25.2. The molecule has 0 bridgehead atoms. The zero-order valence-electron chi connectivity index (χ0n) is 15.7. The van der Waals surface area contributed by atoms with Crippen LogP contribution in [0.4, 0.5) is 0 Å². The molecule has 0 amide bonds. The average Bonchev–Trinajstić information content (AvgIpc) is 2.78. The van der Waals surface area contributed by atoms with Crippen LogP contribution >= 0.6 is 12.6 Å². The summed E-state index contributed by atoms with van der Waals surface area (Å²) in [5, 5.41) is 20.8. The number of fused-ring (bicyclic) bond motifs is 5. The molecular weight excluding hydrogens is 348 g/mol. The molecule has 0 aromatic rings. The van der Waals surface area contributed by atoms with Crippen molar-refractivity contribution in [1.82, 2.24) is 0 Å². The van der Waals surface area contributed by atoms with Crippen molar-refractivity contribution in [3.63, 3.8) is 0 Å². The van der Waals surface area contributed by atoms with Gasteiger partial charge in [-0.05, 0) is 68.8 Å². The fourth-order valence-corrected chi connectivity index (χ4v) is 7.57. The van der Waals surface area contributed by atoms with Crippen LogP contribution in [0.25, 0.3) is 0 Å². The van der Waals surface area contributed by atoms with Gasteiger partial charge in [-0.15, -0.1) is 12.6 Å². The monoisotopic (exact) mass is 376 g/mol. The van der Waals surface area contributed by atoms with Gasteiger partial charge in [0.15, 0.2) is 5.78 Å². The third-order valence-electron chi connectivity index (χ3n) is 8.61. The summed E-state index contributed by atoms with van der Waals surface area (Å²) in [7, 11) is 0. The molecule has 0 heterocycles. The molecule has 5 heteroatoms. The number of thiol groups is 1. The highest BCUT2D eigenvalue weighted by molar-refractivity contribution is 7.96. The van der Waals surface area contributed by atoms with E-state index >= 15 is 0 Å². The number of hydrogen-bond donors (Lipinski definition) is 3. The number of rotatable bonds is 1. The molecule has 3 fully saturated rings. The van der Waals surface area contributed by atoms with Gasteiger partial charge in [-0.3, -0.25) is 9.59 Å². The van der Waals surface area contributed by atoms with E-state index in [2.05, 4.69) is 12.6 Å². The zero-order valence-corrected chi connectivity index (χ0v) is 16.6. The molecular formula is C21H28O4S. The molecule has 0 aromatic heterocycles. The second-order valence-corrected chi connectivity index (χ2v) is 9.79. The van der Waals surface area contributed by atoms with Crippen molar-refractivity contribution in [3.05, 3.63) is 23.5 Å². The van der Waals surface area contributed by atoms with E-state index < -0.39 is 21.5 Å². The van der Waals surface area contributed by atoms with E-state index in [1.54, 1.807) is 6.08 Å². The highest BCUT2D eigenvalue weighted by Gasteiger charge is 2.69. The van der Waals surface area contributed by atoms with Gasteiger partial charge in [0.2, 0.25) is 5.12 Å². The first-order valence-electron chi connectivity index (χ1n) is 9.68. The summed E-state index contributed by atoms with van der Waals surface area (Å²) in [5.41, 5.74) is -1.40. The number of carbonyl (C=O) groups excluding carboxylic acids is 2. The normalized spacial score (nSPS) is 50.3. The highest BCUT2D eigenvalue weighted by atomic mass is 32.1. The van der Waals surface area contributed by atoms with Gasteiger partial charge >= 0.3 is 0 Å². The minimum atomic E-state index is -1.39. The van der Waals surface area contributed by atoms with Gasteiger partial charge in [0.05, 0.1) is 5.41 Å². The van der Waals surface area contributed by atoms with Crippen molar-refractivity contribution < 1.29 is 19.8 Å². The van der Waals surface area contributed by atoms with Crippen molar-refractivity contribution in [3.8, 4) is 0 Å². The Hall–Kier alpha value is -1.07. The molecule has 0 aliphatic heterocycles. The predicted molar refractivity (Wildman–Crippen MR) is 102 cm³/mol. The van der Waals surface area contributed by atoms with Crippen molar-refractivity contribution in [2.24, 2.45) is 34.5 Å². The molecule has 26 heavy (non-hydrogen) atoms. The average molecular weight is 377 g/mol. The molecule has 4 nitrogen and oxygen atoms in total. The van der Waals surface area contributed by atoms with Gasteiger partial charge in [0, 0.05) is 11.5 Å². The Kier molecular flexibility index (Phi) is 3.86. The quantitative estimate of drug-likeness (QED) is 0.611. The Labute approximate surface area is 160 Å². The Balaban J connectivity index is 1.75. The number of aliphatic hydroxyl groups is 2. The van der Waals surface area contributed by atoms with Gasteiger partial charge in [-0.1, -0.05) is 19.4 Å². The van der Waals surface area contributed by atoms with E-state index in [9.17, 15) is 19.8 Å². The molecule has 0 aromatic carbocycles. The summed E-state index contributed by atoms with van der Waals surface area (Å²) in [6.07, 6.45) is 7.19. The van der Waals surface area contributed by atoms with E-state index in [0.29, 0.717) is 5.92 Å². The van der Waals surface area contributed by atoms with Gasteiger partial charge in [0.1, 0.15) is 11.4 Å². The van der Waals surface area contributed by atoms with E-state index in [1.165, 1.54) is 6.08 Å². The largest absolute Gasteiger partial charge is 0.508 e. The molecule has 4 aliphatic rings. The highest BCUT2D eigenvalue weighted by Crippen LogP contribution is 2.68. The number of allylic oxidation sites excluding steroid dienone is 3. The molecule has 4 aliphatic carbocycles. The topological polar surface area (TPSA) is 74.6 Å². The molecule has 0 spiro atoms. The van der Waals surface area contributed by atoms with Crippen LogP contribution < -0.4 is 0 Å². The van der Waals surface area contributed by atoms with E-state index in [-0.39, 0.29) is 29.3 Å². The first-order valence-corrected chi connectivity index (χ1v) is 10.1. The minimum absolute atomic E-state index is 0.00242. The van der Waals surface area contributed by atoms with Gasteiger partial charge in [0.25, 0.3) is 0 Å². The molecule has 142 valence electrons. The van der Waals surface area contributed by atoms with Crippen LogP contribution in [0.5, 0.6) is 0 Å². The maximum atomic E-state index is 12.9. The van der Waals surface area contributed by atoms with Gasteiger partial charge in [-0.25, -0.2) is 0 Å². The first kappa shape index (κ1) is 18.3. The molecule has 0 saturated heterocycles. The van der Waals surface area contributed by atoms with Crippen LogP contribution in [0.2, 0.25) is 0 Å². The molecule has 7 atom stereocenters. The van der Waals surface area contributed by atoms with Crippen molar-refractivity contribution in [2.45, 2.75) is 58.5 Å². The predicted octanol–water partition coefficient (Wildman–Crippen LogP) is 3.61. The van der Waals surface area contributed by atoms with Crippen LogP contribution in [0.1, 0.15) is 52.9 Å². The van der Waals surface area contributed by atoms with Crippen molar-refractivity contribution in [1.29, 1.82) is 0 Å². The fourth-order valence-electron chi connectivity index (χ4n) is 7.09. The zero-order chi connectivity index (χ0) is 19.1. The lowest BCUT2D eigenvalue weighted by atomic mass is 9.46. The lowest BCUT2D eigenvalue weighted by molar-refractivity contribution is -0.160. The lowest BCUT2D eigenvalue weighted by Crippen LogP contribution is -2.58. The Morgan fingerprint density at radius 3 is 2.58 bits per heavy atom. The van der Waals surface area contributed by atoms with Crippen LogP contribution in [0.15, 0.2) is 23.5 Å². The summed E-state index contributed by atoms with van der Waals surface area (Å²) in [5.74, 6) is 0.642. The first-order chi connectivity index (χ1) is 12.1. The number of aliphatic hydroxyl groups excluding tert-OH is 1. The maximum Gasteiger partial charge on any atom is 0.218 e. The van der Waals surface area contributed by atoms with Gasteiger partial charge in [-0.2, -0.15) is 0 Å². The molecule has 3 saturated carbocycles. The summed E-state index contributed by atoms with van der Waals surface area (Å²) < 4.78 is 0. The van der Waals surface area contributed by atoms with Crippen LogP contribution in [0.3, 0.4) is 0 Å². The Morgan fingerprint density at radius 2 is 1.92 bits per heavy atom. The number of carbonyl (C=O) groups is 2. The van der Waals surface area contributed by atoms with E-state index in [0.717, 1.165) is 37.7 Å². The van der Waals surface area contributed by atoms with Crippen LogP contribution in [-0.2, 0) is 9.59 Å². The van der Waals surface area contributed by atoms with Crippen LogP contribution in [0, 0.1) is 34.5 Å². The third-order valence-corrected chi connectivity index (χ3v) is 8.95. The fraction of sp³-hybridized carbons (Fsp3) is 0.714. The van der Waals surface area contributed by atoms with E-state index in [1.807, 2.05) is 20.8 Å². The standard InChI is InChI=1S/C21H28O4S/c1-11-8-16-14-5-4-12-9-13(22)10-17(23)20(12,3)15(14)6-7-19(16,2)21(11,25)18(24)26/h9-11,14-16,22,25H,4-8H2,1-3H3,(H,24,26)/t11?,14-,15+,16+,19+,20+,21?/m1/s1. The molecule has 0 radical (unpaired) electrons. The molecule has 2 N–H and O–H groups in total. The third kappa shape index (κ3) is 1.96. The minimum Gasteiger partial charge on any atom is -0.508 e. The SMILES string of the molecule is CC1C[C@H]2[C@@H]3CCC4=CC(O)=CC(=O)[C@]4(C)[C@H]3CC[C@]2(C)C1(O)C(=O)S. The Bertz CT molecular complexity index is 755. The number of ketones is 1. The van der Waals surface area contributed by atoms with Crippen LogP contribution in [-0.4, -0.2) is 26.7 Å². The van der Waals surface area contributed by atoms with Crippen molar-refractivity contribution >= 4 is 23.5 Å². The second-order valence-electron chi connectivity index (χ2n) is 9.39. The molecule has 4 rings (SSSR count). The summed E-state index contributed by atoms with van der Waals surface area (Å²) in [6, 6.07) is 0.